The van der Waals surface area contributed by atoms with E-state index in [-0.39, 0.29) is 6.61 Å². The lowest BCUT2D eigenvalue weighted by molar-refractivity contribution is 0.0119. The van der Waals surface area contributed by atoms with Gasteiger partial charge in [0.15, 0.2) is 0 Å². The first-order chi connectivity index (χ1) is 9.95. The highest BCUT2D eigenvalue weighted by Crippen LogP contribution is 2.05. The molecule has 0 radical (unpaired) electrons. The van der Waals surface area contributed by atoms with E-state index < -0.39 is 11.7 Å². The molecule has 2 N–H and O–H groups in total. The summed E-state index contributed by atoms with van der Waals surface area (Å²) in [6, 6.07) is 0. The van der Waals surface area contributed by atoms with Gasteiger partial charge in [0.05, 0.1) is 33.0 Å². The summed E-state index contributed by atoms with van der Waals surface area (Å²) < 4.78 is 20.8. The van der Waals surface area contributed by atoms with Crippen molar-refractivity contribution in [3.8, 4) is 0 Å². The van der Waals surface area contributed by atoms with Gasteiger partial charge in [-0.3, -0.25) is 0 Å². The zero-order valence-corrected chi connectivity index (χ0v) is 13.4. The highest BCUT2D eigenvalue weighted by Gasteiger charge is 2.15. The molecule has 7 nitrogen and oxygen atoms in total. The fourth-order valence-corrected chi connectivity index (χ4v) is 1.25. The quantitative estimate of drug-likeness (QED) is 0.522. The number of ether oxygens (including phenoxy) is 4. The van der Waals surface area contributed by atoms with Gasteiger partial charge < -0.3 is 29.4 Å². The number of alkyl carbamates (subject to hydrolysis) is 1. The third-order valence-electron chi connectivity index (χ3n) is 2.11. The van der Waals surface area contributed by atoms with Crippen molar-refractivity contribution in [1.29, 1.82) is 0 Å². The molecule has 0 rings (SSSR count). The van der Waals surface area contributed by atoms with Crippen molar-refractivity contribution in [3.63, 3.8) is 0 Å². The van der Waals surface area contributed by atoms with E-state index in [4.69, 9.17) is 24.1 Å². The molecule has 0 unspecified atom stereocenters. The first-order valence-electron chi connectivity index (χ1n) is 7.26. The zero-order chi connectivity index (χ0) is 16.0. The summed E-state index contributed by atoms with van der Waals surface area (Å²) in [7, 11) is 0. The van der Waals surface area contributed by atoms with Crippen LogP contribution in [0.25, 0.3) is 0 Å². The molecular formula is C14H29NO6. The largest absolute Gasteiger partial charge is 0.444 e. The number of aliphatic hydroxyl groups excluding tert-OH is 1. The van der Waals surface area contributed by atoms with E-state index in [1.54, 1.807) is 0 Å². The standard InChI is InChI=1S/C14H29NO6/c1-14(2,3)21-13(17)15-5-8-19-10-12-20-11-9-18-7-4-6-16/h16H,4-12H2,1-3H3,(H,15,17). The summed E-state index contributed by atoms with van der Waals surface area (Å²) in [5, 5.41) is 11.1. The normalized spacial score (nSPS) is 11.4. The first kappa shape index (κ1) is 20.1. The van der Waals surface area contributed by atoms with Gasteiger partial charge in [0.1, 0.15) is 5.60 Å². The second kappa shape index (κ2) is 12.8. The van der Waals surface area contributed by atoms with Gasteiger partial charge in [-0.2, -0.15) is 0 Å². The Hall–Kier alpha value is -0.890. The van der Waals surface area contributed by atoms with Gasteiger partial charge in [-0.25, -0.2) is 4.79 Å². The molecule has 0 aliphatic carbocycles. The molecule has 21 heavy (non-hydrogen) atoms. The van der Waals surface area contributed by atoms with Crippen LogP contribution in [0.2, 0.25) is 0 Å². The molecular weight excluding hydrogens is 278 g/mol. The molecule has 0 fully saturated rings. The number of carbonyl (C=O) groups is 1. The van der Waals surface area contributed by atoms with Crippen molar-refractivity contribution >= 4 is 6.09 Å². The molecule has 0 bridgehead atoms. The molecule has 126 valence electrons. The Kier molecular flexibility index (Phi) is 12.3. The first-order valence-corrected chi connectivity index (χ1v) is 7.26. The summed E-state index contributed by atoms with van der Waals surface area (Å²) in [5.74, 6) is 0. The predicted octanol–water partition coefficient (Wildman–Crippen LogP) is 0.943. The van der Waals surface area contributed by atoms with E-state index in [1.165, 1.54) is 0 Å². The predicted molar refractivity (Wildman–Crippen MR) is 78.4 cm³/mol. The summed E-state index contributed by atoms with van der Waals surface area (Å²) in [6.07, 6.45) is 0.204. The lowest BCUT2D eigenvalue weighted by atomic mass is 10.2. The van der Waals surface area contributed by atoms with E-state index in [0.717, 1.165) is 0 Å². The van der Waals surface area contributed by atoms with Gasteiger partial charge in [-0.15, -0.1) is 0 Å². The maximum atomic E-state index is 11.3. The molecule has 0 aromatic rings. The summed E-state index contributed by atoms with van der Waals surface area (Å²) >= 11 is 0. The maximum Gasteiger partial charge on any atom is 0.407 e. The third-order valence-corrected chi connectivity index (χ3v) is 2.11. The lowest BCUT2D eigenvalue weighted by Crippen LogP contribution is -2.34. The number of amides is 1. The molecule has 0 spiro atoms. The number of nitrogens with one attached hydrogen (secondary N) is 1. The number of hydrogen-bond donors (Lipinski definition) is 2. The summed E-state index contributed by atoms with van der Waals surface area (Å²) in [6.45, 7) is 8.91. The Morgan fingerprint density at radius 2 is 1.48 bits per heavy atom. The van der Waals surface area contributed by atoms with E-state index in [9.17, 15) is 4.79 Å². The molecule has 0 saturated carbocycles. The fraction of sp³-hybridized carbons (Fsp3) is 0.929. The Bertz CT molecular complexity index is 254. The van der Waals surface area contributed by atoms with Crippen LogP contribution < -0.4 is 5.32 Å². The number of aliphatic hydroxyl groups is 1. The van der Waals surface area contributed by atoms with Gasteiger partial charge in [0.2, 0.25) is 0 Å². The van der Waals surface area contributed by atoms with Crippen molar-refractivity contribution in [1.82, 2.24) is 5.32 Å². The minimum Gasteiger partial charge on any atom is -0.444 e. The maximum absolute atomic E-state index is 11.3. The molecule has 0 aliphatic heterocycles. The Morgan fingerprint density at radius 1 is 0.952 bits per heavy atom. The highest BCUT2D eigenvalue weighted by atomic mass is 16.6. The molecule has 1 amide bonds. The average molecular weight is 307 g/mol. The van der Waals surface area contributed by atoms with E-state index in [2.05, 4.69) is 5.32 Å². The van der Waals surface area contributed by atoms with Gasteiger partial charge in [0, 0.05) is 19.8 Å². The summed E-state index contributed by atoms with van der Waals surface area (Å²) in [4.78, 5) is 11.3. The molecule has 0 atom stereocenters. The molecule has 0 saturated heterocycles. The van der Waals surface area contributed by atoms with Gasteiger partial charge in [-0.05, 0) is 27.2 Å². The SMILES string of the molecule is CC(C)(C)OC(=O)NCCOCCOCCOCCCO. The molecule has 0 aromatic heterocycles. The van der Waals surface area contributed by atoms with Crippen LogP contribution in [0.5, 0.6) is 0 Å². The van der Waals surface area contributed by atoms with Crippen LogP contribution in [-0.4, -0.2) is 69.6 Å². The molecule has 0 heterocycles. The van der Waals surface area contributed by atoms with Gasteiger partial charge in [-0.1, -0.05) is 0 Å². The number of carbonyl (C=O) groups excluding carboxylic acids is 1. The van der Waals surface area contributed by atoms with Crippen LogP contribution in [0.15, 0.2) is 0 Å². The van der Waals surface area contributed by atoms with Crippen LogP contribution in [0.3, 0.4) is 0 Å². The molecule has 0 aromatic carbocycles. The lowest BCUT2D eigenvalue weighted by Gasteiger charge is -2.19. The average Bonchev–Trinajstić information content (AvgIpc) is 2.38. The minimum absolute atomic E-state index is 0.145. The zero-order valence-electron chi connectivity index (χ0n) is 13.4. The summed E-state index contributed by atoms with van der Waals surface area (Å²) in [5.41, 5.74) is -0.488. The van der Waals surface area contributed by atoms with E-state index >= 15 is 0 Å². The highest BCUT2D eigenvalue weighted by molar-refractivity contribution is 5.67. The van der Waals surface area contributed by atoms with Crippen molar-refractivity contribution in [2.24, 2.45) is 0 Å². The molecule has 7 heteroatoms. The number of rotatable bonds is 12. The Labute approximate surface area is 126 Å². The van der Waals surface area contributed by atoms with Gasteiger partial charge >= 0.3 is 6.09 Å². The number of hydrogen-bond acceptors (Lipinski definition) is 6. The Morgan fingerprint density at radius 3 is 2.00 bits per heavy atom. The fourth-order valence-electron chi connectivity index (χ4n) is 1.25. The monoisotopic (exact) mass is 307 g/mol. The van der Waals surface area contributed by atoms with Crippen molar-refractivity contribution in [2.75, 3.05) is 52.8 Å². The van der Waals surface area contributed by atoms with E-state index in [1.807, 2.05) is 20.8 Å². The Balaban J connectivity index is 3.17. The van der Waals surface area contributed by atoms with Crippen LogP contribution in [-0.2, 0) is 18.9 Å². The topological polar surface area (TPSA) is 86.3 Å². The van der Waals surface area contributed by atoms with Crippen LogP contribution in [0.4, 0.5) is 4.79 Å². The van der Waals surface area contributed by atoms with Crippen molar-refractivity contribution in [2.45, 2.75) is 32.8 Å². The van der Waals surface area contributed by atoms with Gasteiger partial charge in [0.25, 0.3) is 0 Å². The second-order valence-electron chi connectivity index (χ2n) is 5.34. The molecule has 0 aliphatic rings. The second-order valence-corrected chi connectivity index (χ2v) is 5.34. The minimum atomic E-state index is -0.488. The third kappa shape index (κ3) is 17.1. The van der Waals surface area contributed by atoms with Crippen LogP contribution in [0, 0.1) is 0 Å². The van der Waals surface area contributed by atoms with Crippen LogP contribution >= 0.6 is 0 Å². The van der Waals surface area contributed by atoms with Crippen molar-refractivity contribution < 1.29 is 28.8 Å². The van der Waals surface area contributed by atoms with E-state index in [0.29, 0.717) is 52.6 Å². The van der Waals surface area contributed by atoms with Crippen molar-refractivity contribution in [3.05, 3.63) is 0 Å². The smallest absolute Gasteiger partial charge is 0.407 e. The van der Waals surface area contributed by atoms with Crippen LogP contribution in [0.1, 0.15) is 27.2 Å².